The maximum absolute atomic E-state index is 12.0. The summed E-state index contributed by atoms with van der Waals surface area (Å²) in [5, 5.41) is 0. The number of carbonyl (C=O) groups is 1. The molecule has 104 valence electrons. The fraction of sp³-hybridized carbons (Fsp3) is 0.933. The lowest BCUT2D eigenvalue weighted by Gasteiger charge is -2.45. The average Bonchev–Trinajstić information content (AvgIpc) is 2.73. The highest BCUT2D eigenvalue weighted by Crippen LogP contribution is 2.42. The minimum absolute atomic E-state index is 0.348. The molecule has 3 nitrogen and oxygen atoms in total. The Morgan fingerprint density at radius 2 is 2.06 bits per heavy atom. The molecule has 1 aliphatic carbocycles. The Labute approximate surface area is 111 Å². The Morgan fingerprint density at radius 3 is 2.56 bits per heavy atom. The summed E-state index contributed by atoms with van der Waals surface area (Å²) >= 11 is 0. The van der Waals surface area contributed by atoms with E-state index in [4.69, 9.17) is 5.73 Å². The van der Waals surface area contributed by atoms with E-state index in [1.807, 2.05) is 0 Å². The van der Waals surface area contributed by atoms with Gasteiger partial charge in [0.15, 0.2) is 0 Å². The van der Waals surface area contributed by atoms with Crippen LogP contribution in [0, 0.1) is 17.3 Å². The van der Waals surface area contributed by atoms with Crippen molar-refractivity contribution in [2.45, 2.75) is 58.9 Å². The van der Waals surface area contributed by atoms with Crippen LogP contribution in [-0.4, -0.2) is 29.9 Å². The first-order valence-electron chi connectivity index (χ1n) is 7.43. The van der Waals surface area contributed by atoms with Crippen molar-refractivity contribution in [3.63, 3.8) is 0 Å². The van der Waals surface area contributed by atoms with E-state index in [1.54, 1.807) is 0 Å². The summed E-state index contributed by atoms with van der Waals surface area (Å²) in [4.78, 5) is 14.1. The van der Waals surface area contributed by atoms with Gasteiger partial charge in [0.1, 0.15) is 0 Å². The van der Waals surface area contributed by atoms with E-state index in [-0.39, 0.29) is 0 Å². The van der Waals surface area contributed by atoms with Crippen LogP contribution >= 0.6 is 0 Å². The van der Waals surface area contributed by atoms with Crippen molar-refractivity contribution >= 4 is 5.91 Å². The van der Waals surface area contributed by atoms with Gasteiger partial charge in [-0.25, -0.2) is 0 Å². The number of nitrogens with zero attached hydrogens (tertiary/aromatic N) is 1. The second kappa shape index (κ2) is 5.20. The lowest BCUT2D eigenvalue weighted by molar-refractivity contribution is -0.132. The third-order valence-corrected chi connectivity index (χ3v) is 4.99. The van der Waals surface area contributed by atoms with Gasteiger partial charge in [-0.05, 0) is 49.5 Å². The van der Waals surface area contributed by atoms with Crippen LogP contribution in [0.15, 0.2) is 0 Å². The third-order valence-electron chi connectivity index (χ3n) is 4.99. The van der Waals surface area contributed by atoms with E-state index in [0.717, 1.165) is 38.3 Å². The van der Waals surface area contributed by atoms with Gasteiger partial charge in [0, 0.05) is 19.0 Å². The largest absolute Gasteiger partial charge is 0.339 e. The highest BCUT2D eigenvalue weighted by atomic mass is 16.2. The van der Waals surface area contributed by atoms with Gasteiger partial charge in [-0.2, -0.15) is 0 Å². The highest BCUT2D eigenvalue weighted by Gasteiger charge is 2.40. The number of carbonyl (C=O) groups excluding carboxylic acids is 1. The zero-order valence-electron chi connectivity index (χ0n) is 12.1. The molecule has 0 aromatic carbocycles. The number of amides is 1. The van der Waals surface area contributed by atoms with Gasteiger partial charge in [-0.15, -0.1) is 0 Å². The zero-order valence-corrected chi connectivity index (χ0v) is 12.1. The first-order valence-corrected chi connectivity index (χ1v) is 7.43. The minimum atomic E-state index is 0.348. The summed E-state index contributed by atoms with van der Waals surface area (Å²) < 4.78 is 0. The number of hydrogen-bond acceptors (Lipinski definition) is 2. The molecule has 0 bridgehead atoms. The second-order valence-electron chi connectivity index (χ2n) is 7.13. The Bertz CT molecular complexity index is 308. The molecule has 1 heterocycles. The van der Waals surface area contributed by atoms with Crippen molar-refractivity contribution in [3.05, 3.63) is 0 Å². The molecule has 2 rings (SSSR count). The molecule has 18 heavy (non-hydrogen) atoms. The summed E-state index contributed by atoms with van der Waals surface area (Å²) in [5.41, 5.74) is 6.27. The lowest BCUT2D eigenvalue weighted by Crippen LogP contribution is -2.49. The Morgan fingerprint density at radius 1 is 1.33 bits per heavy atom. The Balaban J connectivity index is 2.10. The maximum atomic E-state index is 12.0. The van der Waals surface area contributed by atoms with Crippen molar-refractivity contribution < 1.29 is 4.79 Å². The van der Waals surface area contributed by atoms with Crippen LogP contribution in [0.1, 0.15) is 52.9 Å². The predicted molar refractivity (Wildman–Crippen MR) is 74.1 cm³/mol. The van der Waals surface area contributed by atoms with Gasteiger partial charge in [-0.3, -0.25) is 4.79 Å². The van der Waals surface area contributed by atoms with E-state index >= 15 is 0 Å². The molecule has 0 radical (unpaired) electrons. The topological polar surface area (TPSA) is 46.3 Å². The second-order valence-corrected chi connectivity index (χ2v) is 7.13. The van der Waals surface area contributed by atoms with E-state index in [9.17, 15) is 4.79 Å². The summed E-state index contributed by atoms with van der Waals surface area (Å²) in [6.07, 6.45) is 5.38. The van der Waals surface area contributed by atoms with Crippen LogP contribution in [0.25, 0.3) is 0 Å². The van der Waals surface area contributed by atoms with E-state index < -0.39 is 0 Å². The monoisotopic (exact) mass is 252 g/mol. The number of hydrogen-bond donors (Lipinski definition) is 1. The average molecular weight is 252 g/mol. The molecule has 1 saturated heterocycles. The molecule has 2 fully saturated rings. The fourth-order valence-corrected chi connectivity index (χ4v) is 3.67. The lowest BCUT2D eigenvalue weighted by atomic mass is 9.67. The molecule has 3 heteroatoms. The van der Waals surface area contributed by atoms with Crippen molar-refractivity contribution in [2.24, 2.45) is 23.0 Å². The van der Waals surface area contributed by atoms with Gasteiger partial charge in [0.25, 0.3) is 0 Å². The van der Waals surface area contributed by atoms with Gasteiger partial charge in [-0.1, -0.05) is 20.8 Å². The molecule has 2 aliphatic rings. The van der Waals surface area contributed by atoms with Crippen LogP contribution in [0.2, 0.25) is 0 Å². The third kappa shape index (κ3) is 2.71. The maximum Gasteiger partial charge on any atom is 0.222 e. The SMILES string of the molecule is CC(C)(C)C1CCC(CN)C(N2CCCC2=O)C1. The molecule has 1 aliphatic heterocycles. The van der Waals surface area contributed by atoms with E-state index in [1.165, 1.54) is 12.8 Å². The summed E-state index contributed by atoms with van der Waals surface area (Å²) in [5.74, 6) is 1.59. The molecule has 3 unspecified atom stereocenters. The molecule has 0 aromatic rings. The van der Waals surface area contributed by atoms with Crippen molar-refractivity contribution in [1.82, 2.24) is 4.90 Å². The number of rotatable bonds is 2. The van der Waals surface area contributed by atoms with Crippen molar-refractivity contribution in [1.29, 1.82) is 0 Å². The van der Waals surface area contributed by atoms with Crippen LogP contribution in [0.4, 0.5) is 0 Å². The summed E-state index contributed by atoms with van der Waals surface area (Å²) in [6, 6.07) is 0.406. The number of likely N-dealkylation sites (tertiary alicyclic amines) is 1. The van der Waals surface area contributed by atoms with Gasteiger partial charge in [0.2, 0.25) is 5.91 Å². The van der Waals surface area contributed by atoms with Crippen molar-refractivity contribution in [3.8, 4) is 0 Å². The van der Waals surface area contributed by atoms with Crippen molar-refractivity contribution in [2.75, 3.05) is 13.1 Å². The molecular formula is C15H28N2O. The predicted octanol–water partition coefficient (Wildman–Crippen LogP) is 2.40. The summed E-state index contributed by atoms with van der Waals surface area (Å²) in [6.45, 7) is 8.65. The standard InChI is InChI=1S/C15H28N2O/c1-15(2,3)12-7-6-11(10-16)13(9-12)17-8-4-5-14(17)18/h11-13H,4-10,16H2,1-3H3. The van der Waals surface area contributed by atoms with Gasteiger partial charge < -0.3 is 10.6 Å². The minimum Gasteiger partial charge on any atom is -0.339 e. The molecule has 0 aromatic heterocycles. The van der Waals surface area contributed by atoms with E-state index in [2.05, 4.69) is 25.7 Å². The van der Waals surface area contributed by atoms with Gasteiger partial charge >= 0.3 is 0 Å². The zero-order chi connectivity index (χ0) is 13.3. The summed E-state index contributed by atoms with van der Waals surface area (Å²) in [7, 11) is 0. The Kier molecular flexibility index (Phi) is 4.00. The first kappa shape index (κ1) is 13.9. The smallest absolute Gasteiger partial charge is 0.222 e. The highest BCUT2D eigenvalue weighted by molar-refractivity contribution is 5.78. The molecule has 1 saturated carbocycles. The first-order chi connectivity index (χ1) is 8.43. The molecule has 0 spiro atoms. The van der Waals surface area contributed by atoms with E-state index in [0.29, 0.717) is 23.3 Å². The van der Waals surface area contributed by atoms with Crippen LogP contribution in [0.5, 0.6) is 0 Å². The van der Waals surface area contributed by atoms with Crippen LogP contribution in [-0.2, 0) is 4.79 Å². The molecular weight excluding hydrogens is 224 g/mol. The quantitative estimate of drug-likeness (QED) is 0.820. The number of nitrogens with two attached hydrogens (primary N) is 1. The van der Waals surface area contributed by atoms with Crippen LogP contribution in [0.3, 0.4) is 0 Å². The van der Waals surface area contributed by atoms with Crippen LogP contribution < -0.4 is 5.73 Å². The Hall–Kier alpha value is -0.570. The molecule has 3 atom stereocenters. The molecule has 2 N–H and O–H groups in total. The normalized spacial score (nSPS) is 34.1. The molecule has 1 amide bonds. The van der Waals surface area contributed by atoms with Gasteiger partial charge in [0.05, 0.1) is 0 Å². The fourth-order valence-electron chi connectivity index (χ4n) is 3.67.